The SMILES string of the molecule is CC1OCCC1S(=O)(=O)N1CCC(c2nccc(-c3ccc(F)cc3)n2)CC1. The highest BCUT2D eigenvalue weighted by atomic mass is 32.2. The van der Waals surface area contributed by atoms with Gasteiger partial charge in [-0.15, -0.1) is 0 Å². The molecular formula is C20H24FN3O3S. The van der Waals surface area contributed by atoms with E-state index in [4.69, 9.17) is 4.74 Å². The summed E-state index contributed by atoms with van der Waals surface area (Å²) in [5.41, 5.74) is 1.58. The van der Waals surface area contributed by atoms with E-state index in [0.29, 0.717) is 39.0 Å². The van der Waals surface area contributed by atoms with Gasteiger partial charge in [0, 0.05) is 37.4 Å². The number of piperidine rings is 1. The fraction of sp³-hybridized carbons (Fsp3) is 0.500. The Bertz CT molecular complexity index is 928. The van der Waals surface area contributed by atoms with Gasteiger partial charge in [-0.2, -0.15) is 0 Å². The third-order valence-corrected chi connectivity index (χ3v) is 8.15. The third-order valence-electron chi connectivity index (χ3n) is 5.68. The van der Waals surface area contributed by atoms with E-state index in [-0.39, 0.29) is 17.8 Å². The van der Waals surface area contributed by atoms with E-state index in [2.05, 4.69) is 9.97 Å². The second-order valence-electron chi connectivity index (χ2n) is 7.43. The predicted molar refractivity (Wildman–Crippen MR) is 104 cm³/mol. The lowest BCUT2D eigenvalue weighted by molar-refractivity contribution is 0.125. The first-order valence-corrected chi connectivity index (χ1v) is 11.1. The minimum atomic E-state index is -3.34. The zero-order valence-corrected chi connectivity index (χ0v) is 16.6. The molecule has 0 bridgehead atoms. The van der Waals surface area contributed by atoms with Crippen LogP contribution in [0, 0.1) is 5.82 Å². The molecule has 0 amide bonds. The maximum atomic E-state index is 13.1. The van der Waals surface area contributed by atoms with Crippen molar-refractivity contribution >= 4 is 10.0 Å². The molecule has 2 aliphatic rings. The van der Waals surface area contributed by atoms with Gasteiger partial charge in [-0.1, -0.05) is 0 Å². The number of sulfonamides is 1. The average molecular weight is 405 g/mol. The Balaban J connectivity index is 1.45. The number of benzene rings is 1. The van der Waals surface area contributed by atoms with Gasteiger partial charge >= 0.3 is 0 Å². The Morgan fingerprint density at radius 1 is 1.11 bits per heavy atom. The largest absolute Gasteiger partial charge is 0.377 e. The molecule has 0 radical (unpaired) electrons. The second kappa shape index (κ2) is 7.85. The average Bonchev–Trinajstić information content (AvgIpc) is 3.16. The molecule has 2 aliphatic heterocycles. The third kappa shape index (κ3) is 3.81. The standard InChI is InChI=1S/C20H24FN3O3S/c1-14-19(9-13-27-14)28(25,26)24-11-7-16(8-12-24)20-22-10-6-18(23-20)15-2-4-17(21)5-3-15/h2-6,10,14,16,19H,7-9,11-13H2,1H3. The Morgan fingerprint density at radius 3 is 2.46 bits per heavy atom. The Morgan fingerprint density at radius 2 is 1.82 bits per heavy atom. The van der Waals surface area contributed by atoms with Gasteiger partial charge in [-0.05, 0) is 56.5 Å². The summed E-state index contributed by atoms with van der Waals surface area (Å²) in [6.07, 6.45) is 3.40. The molecule has 2 fully saturated rings. The molecule has 0 N–H and O–H groups in total. The van der Waals surface area contributed by atoms with E-state index in [1.54, 1.807) is 28.7 Å². The van der Waals surface area contributed by atoms with Gasteiger partial charge in [0.2, 0.25) is 10.0 Å². The van der Waals surface area contributed by atoms with Crippen molar-refractivity contribution in [3.8, 4) is 11.3 Å². The van der Waals surface area contributed by atoms with Crippen molar-refractivity contribution in [2.75, 3.05) is 19.7 Å². The zero-order chi connectivity index (χ0) is 19.7. The van der Waals surface area contributed by atoms with Gasteiger partial charge < -0.3 is 4.74 Å². The van der Waals surface area contributed by atoms with Crippen LogP contribution >= 0.6 is 0 Å². The van der Waals surface area contributed by atoms with Gasteiger partial charge in [0.25, 0.3) is 0 Å². The molecule has 0 saturated carbocycles. The van der Waals surface area contributed by atoms with Gasteiger partial charge in [-0.3, -0.25) is 0 Å². The van der Waals surface area contributed by atoms with Crippen molar-refractivity contribution in [3.05, 3.63) is 48.2 Å². The summed E-state index contributed by atoms with van der Waals surface area (Å²) < 4.78 is 46.0. The van der Waals surface area contributed by atoms with Crippen molar-refractivity contribution < 1.29 is 17.5 Å². The fourth-order valence-corrected chi connectivity index (χ4v) is 6.07. The maximum Gasteiger partial charge on any atom is 0.219 e. The molecule has 1 aromatic carbocycles. The highest BCUT2D eigenvalue weighted by Gasteiger charge is 2.41. The molecule has 150 valence electrons. The van der Waals surface area contributed by atoms with Crippen LogP contribution in [0.1, 0.15) is 37.9 Å². The van der Waals surface area contributed by atoms with E-state index in [1.165, 1.54) is 12.1 Å². The molecule has 1 aromatic heterocycles. The van der Waals surface area contributed by atoms with Crippen LogP contribution in [0.4, 0.5) is 4.39 Å². The van der Waals surface area contributed by atoms with Gasteiger partial charge in [0.15, 0.2) is 0 Å². The maximum absolute atomic E-state index is 13.1. The van der Waals surface area contributed by atoms with Crippen LogP contribution in [0.3, 0.4) is 0 Å². The van der Waals surface area contributed by atoms with E-state index in [1.807, 2.05) is 6.92 Å². The summed E-state index contributed by atoms with van der Waals surface area (Å²) in [5.74, 6) is 0.550. The highest BCUT2D eigenvalue weighted by Crippen LogP contribution is 2.31. The Labute approximate surface area is 164 Å². The van der Waals surface area contributed by atoms with Crippen molar-refractivity contribution in [1.29, 1.82) is 0 Å². The van der Waals surface area contributed by atoms with Crippen molar-refractivity contribution in [1.82, 2.24) is 14.3 Å². The first-order chi connectivity index (χ1) is 13.4. The van der Waals surface area contributed by atoms with Gasteiger partial charge in [-0.25, -0.2) is 27.1 Å². The van der Waals surface area contributed by atoms with E-state index < -0.39 is 15.3 Å². The fourth-order valence-electron chi connectivity index (χ4n) is 4.02. The molecule has 2 aromatic rings. The number of rotatable bonds is 4. The van der Waals surface area contributed by atoms with Crippen LogP contribution in [-0.2, 0) is 14.8 Å². The first-order valence-electron chi connectivity index (χ1n) is 9.64. The lowest BCUT2D eigenvalue weighted by Crippen LogP contribution is -2.45. The van der Waals surface area contributed by atoms with Crippen LogP contribution in [0.5, 0.6) is 0 Å². The first kappa shape index (κ1) is 19.4. The lowest BCUT2D eigenvalue weighted by atomic mass is 9.97. The number of aromatic nitrogens is 2. The van der Waals surface area contributed by atoms with Crippen molar-refractivity contribution in [3.63, 3.8) is 0 Å². The highest BCUT2D eigenvalue weighted by molar-refractivity contribution is 7.89. The molecule has 0 spiro atoms. The molecule has 8 heteroatoms. The number of hydrogen-bond acceptors (Lipinski definition) is 5. The molecule has 2 saturated heterocycles. The van der Waals surface area contributed by atoms with Crippen molar-refractivity contribution in [2.24, 2.45) is 0 Å². The summed E-state index contributed by atoms with van der Waals surface area (Å²) in [7, 11) is -3.34. The van der Waals surface area contributed by atoms with Crippen molar-refractivity contribution in [2.45, 2.75) is 43.5 Å². The molecule has 4 rings (SSSR count). The topological polar surface area (TPSA) is 72.4 Å². The molecule has 3 heterocycles. The number of halogens is 1. The molecule has 2 unspecified atom stereocenters. The smallest absolute Gasteiger partial charge is 0.219 e. The van der Waals surface area contributed by atoms with Crippen LogP contribution in [0.25, 0.3) is 11.3 Å². The monoisotopic (exact) mass is 405 g/mol. The zero-order valence-electron chi connectivity index (χ0n) is 15.8. The Kier molecular flexibility index (Phi) is 5.44. The number of ether oxygens (including phenoxy) is 1. The number of nitrogens with zero attached hydrogens (tertiary/aromatic N) is 3. The Hall–Kier alpha value is -1.90. The van der Waals surface area contributed by atoms with Crippen LogP contribution in [0.15, 0.2) is 36.5 Å². The van der Waals surface area contributed by atoms with Gasteiger partial charge in [0.1, 0.15) is 16.9 Å². The molecule has 6 nitrogen and oxygen atoms in total. The molecular weight excluding hydrogens is 381 g/mol. The molecule has 2 atom stereocenters. The summed E-state index contributed by atoms with van der Waals surface area (Å²) in [4.78, 5) is 9.06. The second-order valence-corrected chi connectivity index (χ2v) is 9.58. The lowest BCUT2D eigenvalue weighted by Gasteiger charge is -2.33. The van der Waals surface area contributed by atoms with Crippen LogP contribution in [0.2, 0.25) is 0 Å². The quantitative estimate of drug-likeness (QED) is 0.782. The summed E-state index contributed by atoms with van der Waals surface area (Å²) in [5, 5.41) is -0.442. The van der Waals surface area contributed by atoms with Gasteiger partial charge in [0.05, 0.1) is 11.8 Å². The normalized spacial score (nSPS) is 24.5. The minimum absolute atomic E-state index is 0.115. The van der Waals surface area contributed by atoms with Crippen LogP contribution < -0.4 is 0 Å². The van der Waals surface area contributed by atoms with Crippen LogP contribution in [-0.4, -0.2) is 53.7 Å². The van der Waals surface area contributed by atoms with E-state index in [9.17, 15) is 12.8 Å². The minimum Gasteiger partial charge on any atom is -0.377 e. The number of hydrogen-bond donors (Lipinski definition) is 0. The molecule has 0 aliphatic carbocycles. The summed E-state index contributed by atoms with van der Waals surface area (Å²) in [6.45, 7) is 3.28. The molecule has 28 heavy (non-hydrogen) atoms. The summed E-state index contributed by atoms with van der Waals surface area (Å²) in [6, 6.07) is 8.02. The summed E-state index contributed by atoms with van der Waals surface area (Å²) >= 11 is 0. The van der Waals surface area contributed by atoms with E-state index >= 15 is 0 Å². The van der Waals surface area contributed by atoms with E-state index in [0.717, 1.165) is 17.1 Å². The predicted octanol–water partition coefficient (Wildman–Crippen LogP) is 2.97.